The van der Waals surface area contributed by atoms with Crippen LogP contribution in [0.1, 0.15) is 37.7 Å². The number of rotatable bonds is 4. The lowest BCUT2D eigenvalue weighted by atomic mass is 10.2. The van der Waals surface area contributed by atoms with Gasteiger partial charge in [0.05, 0.1) is 23.3 Å². The van der Waals surface area contributed by atoms with Crippen LogP contribution in [-0.2, 0) is 4.74 Å². The summed E-state index contributed by atoms with van der Waals surface area (Å²) in [5.74, 6) is -0.390. The highest BCUT2D eigenvalue weighted by atomic mass is 16.6. The van der Waals surface area contributed by atoms with Crippen LogP contribution < -0.4 is 10.7 Å². The molecular weight excluding hydrogens is 380 g/mol. The van der Waals surface area contributed by atoms with Gasteiger partial charge >= 0.3 is 11.8 Å². The lowest BCUT2D eigenvalue weighted by Crippen LogP contribution is -2.35. The highest BCUT2D eigenvalue weighted by Gasteiger charge is 2.28. The average Bonchev–Trinajstić information content (AvgIpc) is 3.02. The number of aromatic nitrogens is 1. The molecule has 2 aromatic carbocycles. The molecule has 1 amide bonds. The summed E-state index contributed by atoms with van der Waals surface area (Å²) >= 11 is 0. The van der Waals surface area contributed by atoms with Crippen molar-refractivity contribution in [2.45, 2.75) is 40.2 Å². The van der Waals surface area contributed by atoms with Gasteiger partial charge in [0, 0.05) is 0 Å². The summed E-state index contributed by atoms with van der Waals surface area (Å²) in [6.07, 6.45) is 0.927. The van der Waals surface area contributed by atoms with E-state index in [1.165, 1.54) is 15.7 Å². The zero-order valence-electron chi connectivity index (χ0n) is 17.9. The molecule has 0 radical (unpaired) electrons. The van der Waals surface area contributed by atoms with Crippen molar-refractivity contribution in [3.8, 4) is 5.69 Å². The van der Waals surface area contributed by atoms with Crippen molar-refractivity contribution in [1.82, 2.24) is 4.57 Å². The van der Waals surface area contributed by atoms with E-state index in [1.54, 1.807) is 26.8 Å². The van der Waals surface area contributed by atoms with E-state index in [2.05, 4.69) is 6.58 Å². The van der Waals surface area contributed by atoms with Crippen LogP contribution >= 0.6 is 0 Å². The van der Waals surface area contributed by atoms with Gasteiger partial charge < -0.3 is 9.15 Å². The summed E-state index contributed by atoms with van der Waals surface area (Å²) in [5.41, 5.74) is 2.72. The largest absolute Gasteiger partial charge is 0.443 e. The molecule has 0 unspecified atom stereocenters. The summed E-state index contributed by atoms with van der Waals surface area (Å²) in [7, 11) is 0. The van der Waals surface area contributed by atoms with Crippen molar-refractivity contribution in [2.75, 3.05) is 4.90 Å². The molecule has 0 N–H and O–H groups in total. The Hall–Kier alpha value is -3.54. The van der Waals surface area contributed by atoms with Gasteiger partial charge in [-0.05, 0) is 70.0 Å². The molecule has 156 valence electrons. The van der Waals surface area contributed by atoms with E-state index in [0.717, 1.165) is 11.1 Å². The third kappa shape index (κ3) is 4.71. The number of hydrogen-bond acceptors (Lipinski definition) is 4. The molecule has 0 spiro atoms. The number of anilines is 1. The Morgan fingerprint density at radius 3 is 2.30 bits per heavy atom. The molecule has 0 saturated carbocycles. The van der Waals surface area contributed by atoms with Crippen LogP contribution in [0, 0.1) is 13.8 Å². The molecule has 1 heterocycles. The van der Waals surface area contributed by atoms with E-state index < -0.39 is 17.5 Å². The maximum atomic E-state index is 13.0. The predicted octanol–water partition coefficient (Wildman–Crippen LogP) is 5.46. The van der Waals surface area contributed by atoms with Crippen molar-refractivity contribution in [3.05, 3.63) is 88.7 Å². The lowest BCUT2D eigenvalue weighted by molar-refractivity contribution is 0.0600. The van der Waals surface area contributed by atoms with Gasteiger partial charge in [-0.15, -0.1) is 0 Å². The van der Waals surface area contributed by atoms with E-state index in [-0.39, 0.29) is 11.5 Å². The Balaban J connectivity index is 2.04. The van der Waals surface area contributed by atoms with E-state index in [1.807, 2.05) is 56.3 Å². The van der Waals surface area contributed by atoms with Gasteiger partial charge in [-0.3, -0.25) is 0 Å². The molecule has 0 atom stereocenters. The van der Waals surface area contributed by atoms with Crippen molar-refractivity contribution >= 4 is 17.5 Å². The minimum Gasteiger partial charge on any atom is -0.443 e. The van der Waals surface area contributed by atoms with Crippen molar-refractivity contribution in [3.63, 3.8) is 0 Å². The fraction of sp³-hybridized carbons (Fsp3) is 0.250. The quantitative estimate of drug-likeness (QED) is 0.577. The minimum atomic E-state index is -0.701. The van der Waals surface area contributed by atoms with E-state index in [4.69, 9.17) is 9.15 Å². The van der Waals surface area contributed by atoms with Gasteiger partial charge in [0.1, 0.15) is 5.60 Å². The van der Waals surface area contributed by atoms with Crippen molar-refractivity contribution in [2.24, 2.45) is 0 Å². The highest BCUT2D eigenvalue weighted by Crippen LogP contribution is 2.28. The number of carbonyl (C=O) groups excluding carboxylic acids is 1. The monoisotopic (exact) mass is 406 g/mol. The molecule has 0 aliphatic heterocycles. The number of hydrogen-bond donors (Lipinski definition) is 0. The van der Waals surface area contributed by atoms with Gasteiger partial charge in [0.2, 0.25) is 0 Å². The molecule has 1 aromatic heterocycles. The number of benzene rings is 2. The third-order valence-electron chi connectivity index (χ3n) is 4.31. The van der Waals surface area contributed by atoms with Crippen LogP contribution in [0.4, 0.5) is 10.5 Å². The molecular formula is C24H26N2O4. The predicted molar refractivity (Wildman–Crippen MR) is 118 cm³/mol. The number of carbonyl (C=O) groups is 1. The van der Waals surface area contributed by atoms with Crippen LogP contribution in [-0.4, -0.2) is 16.3 Å². The van der Waals surface area contributed by atoms with E-state index >= 15 is 0 Å². The van der Waals surface area contributed by atoms with Crippen molar-refractivity contribution in [1.29, 1.82) is 0 Å². The Morgan fingerprint density at radius 1 is 1.07 bits per heavy atom. The fourth-order valence-corrected chi connectivity index (χ4v) is 2.99. The first-order chi connectivity index (χ1) is 14.0. The molecule has 0 bridgehead atoms. The zero-order chi connectivity index (χ0) is 22.1. The lowest BCUT2D eigenvalue weighted by Gasteiger charge is -2.28. The number of amides is 1. The third-order valence-corrected chi connectivity index (χ3v) is 4.31. The molecule has 30 heavy (non-hydrogen) atoms. The number of aryl methyl sites for hydroxylation is 2. The number of nitrogens with zero attached hydrogens (tertiary/aromatic N) is 2. The summed E-state index contributed by atoms with van der Waals surface area (Å²) in [6, 6.07) is 14.9. The Kier molecular flexibility index (Phi) is 5.69. The first kappa shape index (κ1) is 21.2. The summed E-state index contributed by atoms with van der Waals surface area (Å²) in [5, 5.41) is 0. The zero-order valence-corrected chi connectivity index (χ0v) is 17.9. The molecule has 6 nitrogen and oxygen atoms in total. The Bertz CT molecular complexity index is 1150. The molecule has 3 rings (SSSR count). The first-order valence-corrected chi connectivity index (χ1v) is 9.64. The second kappa shape index (κ2) is 8.06. The van der Waals surface area contributed by atoms with Gasteiger partial charge in [0.15, 0.2) is 5.76 Å². The van der Waals surface area contributed by atoms with Crippen LogP contribution in [0.2, 0.25) is 0 Å². The second-order valence-corrected chi connectivity index (χ2v) is 8.17. The van der Waals surface area contributed by atoms with Gasteiger partial charge in [-0.1, -0.05) is 30.8 Å². The SMILES string of the molecule is C=C(c1cn(-c2cccc(C)c2)c(=O)o1)N(C(=O)OC(C)(C)C)c1cccc(C)c1. The molecule has 0 fully saturated rings. The summed E-state index contributed by atoms with van der Waals surface area (Å²) < 4.78 is 12.4. The minimum absolute atomic E-state index is 0.175. The van der Waals surface area contributed by atoms with Crippen LogP contribution in [0.25, 0.3) is 11.4 Å². The fourth-order valence-electron chi connectivity index (χ4n) is 2.99. The van der Waals surface area contributed by atoms with Crippen LogP contribution in [0.3, 0.4) is 0 Å². The number of ether oxygens (including phenoxy) is 1. The van der Waals surface area contributed by atoms with Crippen LogP contribution in [0.5, 0.6) is 0 Å². The average molecular weight is 406 g/mol. The smallest absolute Gasteiger partial charge is 0.424 e. The summed E-state index contributed by atoms with van der Waals surface area (Å²) in [6.45, 7) is 13.3. The van der Waals surface area contributed by atoms with Gasteiger partial charge in [0.25, 0.3) is 0 Å². The Labute approximate surface area is 176 Å². The second-order valence-electron chi connectivity index (χ2n) is 8.17. The summed E-state index contributed by atoms with van der Waals surface area (Å²) in [4.78, 5) is 26.8. The Morgan fingerprint density at radius 2 is 1.70 bits per heavy atom. The molecule has 0 aliphatic carbocycles. The maximum absolute atomic E-state index is 13.0. The molecule has 6 heteroatoms. The first-order valence-electron chi connectivity index (χ1n) is 9.64. The maximum Gasteiger partial charge on any atom is 0.424 e. The topological polar surface area (TPSA) is 64.7 Å². The highest BCUT2D eigenvalue weighted by molar-refractivity contribution is 6.01. The number of oxazole rings is 1. The van der Waals surface area contributed by atoms with Gasteiger partial charge in [-0.25, -0.2) is 19.1 Å². The van der Waals surface area contributed by atoms with Gasteiger partial charge in [-0.2, -0.15) is 0 Å². The van der Waals surface area contributed by atoms with Crippen LogP contribution in [0.15, 0.2) is 70.5 Å². The van der Waals surface area contributed by atoms with Crippen molar-refractivity contribution < 1.29 is 13.9 Å². The molecule has 0 aliphatic rings. The van der Waals surface area contributed by atoms with E-state index in [9.17, 15) is 9.59 Å². The normalized spacial score (nSPS) is 11.2. The molecule has 0 saturated heterocycles. The van der Waals surface area contributed by atoms with E-state index in [0.29, 0.717) is 11.4 Å². The molecule has 3 aromatic rings. The standard InChI is InChI=1S/C24H26N2O4/c1-16-9-7-11-19(13-16)25-15-21(29-22(25)27)18(3)26(23(28)30-24(4,5)6)20-12-8-10-17(2)14-20/h7-15H,3H2,1-2,4-6H3.